The maximum absolute atomic E-state index is 4.03. The first kappa shape index (κ1) is 11.8. The first-order valence-corrected chi connectivity index (χ1v) is 5.21. The van der Waals surface area contributed by atoms with Gasteiger partial charge in [-0.3, -0.25) is 4.99 Å². The zero-order valence-corrected chi connectivity index (χ0v) is 10.1. The minimum atomic E-state index is 0.281. The zero-order chi connectivity index (χ0) is 11.5. The lowest BCUT2D eigenvalue weighted by molar-refractivity contribution is 0.419. The fraction of sp³-hybridized carbons (Fsp3) is 0.462. The third-order valence-corrected chi connectivity index (χ3v) is 2.17. The summed E-state index contributed by atoms with van der Waals surface area (Å²) in [6.07, 6.45) is 0. The van der Waals surface area contributed by atoms with Gasteiger partial charge in [0.15, 0.2) is 0 Å². The highest BCUT2D eigenvalue weighted by Gasteiger charge is 2.15. The lowest BCUT2D eigenvalue weighted by Crippen LogP contribution is -2.29. The molecule has 82 valence electrons. The Hall–Kier alpha value is -1.31. The predicted molar refractivity (Wildman–Crippen MR) is 68.4 cm³/mol. The molecular weight excluding hydrogens is 184 g/mol. The van der Waals surface area contributed by atoms with E-state index in [4.69, 9.17) is 0 Å². The van der Waals surface area contributed by atoms with Gasteiger partial charge in [0.1, 0.15) is 0 Å². The molecule has 0 heterocycles. The van der Waals surface area contributed by atoms with Crippen LogP contribution >= 0.6 is 0 Å². The SMILES string of the molecule is C=Nc1ccccc1N(C)CC(C)(C)C. The fourth-order valence-corrected chi connectivity index (χ4v) is 1.72. The number of nitrogens with zero attached hydrogens (tertiary/aromatic N) is 2. The van der Waals surface area contributed by atoms with Crippen molar-refractivity contribution in [1.82, 2.24) is 0 Å². The number of hydrogen-bond donors (Lipinski definition) is 0. The van der Waals surface area contributed by atoms with Crippen LogP contribution in [-0.4, -0.2) is 20.3 Å². The van der Waals surface area contributed by atoms with Crippen molar-refractivity contribution in [2.75, 3.05) is 18.5 Å². The van der Waals surface area contributed by atoms with Crippen LogP contribution in [0.15, 0.2) is 29.3 Å². The largest absolute Gasteiger partial charge is 0.372 e. The number of rotatable bonds is 3. The Labute approximate surface area is 92.6 Å². The Morgan fingerprint density at radius 3 is 2.40 bits per heavy atom. The zero-order valence-electron chi connectivity index (χ0n) is 10.1. The van der Waals surface area contributed by atoms with Crippen LogP contribution < -0.4 is 4.90 Å². The van der Waals surface area contributed by atoms with Crippen molar-refractivity contribution in [3.63, 3.8) is 0 Å². The molecule has 0 N–H and O–H groups in total. The summed E-state index contributed by atoms with van der Waals surface area (Å²) in [6, 6.07) is 8.08. The molecule has 15 heavy (non-hydrogen) atoms. The van der Waals surface area contributed by atoms with Crippen LogP contribution in [0.4, 0.5) is 11.4 Å². The molecule has 0 amide bonds. The minimum absolute atomic E-state index is 0.281. The molecule has 0 bridgehead atoms. The molecule has 0 spiro atoms. The normalized spacial score (nSPS) is 11.2. The van der Waals surface area contributed by atoms with Crippen molar-refractivity contribution in [2.24, 2.45) is 10.4 Å². The van der Waals surface area contributed by atoms with Crippen LogP contribution in [-0.2, 0) is 0 Å². The van der Waals surface area contributed by atoms with E-state index in [9.17, 15) is 0 Å². The summed E-state index contributed by atoms with van der Waals surface area (Å²) in [5.74, 6) is 0. The highest BCUT2D eigenvalue weighted by atomic mass is 15.1. The molecule has 0 fully saturated rings. The Bertz CT molecular complexity index is 337. The average Bonchev–Trinajstić information content (AvgIpc) is 2.15. The number of para-hydroxylation sites is 2. The van der Waals surface area contributed by atoms with E-state index < -0.39 is 0 Å². The van der Waals surface area contributed by atoms with Crippen molar-refractivity contribution in [3.8, 4) is 0 Å². The fourth-order valence-electron chi connectivity index (χ4n) is 1.72. The van der Waals surface area contributed by atoms with Gasteiger partial charge in [0, 0.05) is 13.6 Å². The number of aliphatic imine (C=N–C) groups is 1. The second-order valence-electron chi connectivity index (χ2n) is 5.06. The summed E-state index contributed by atoms with van der Waals surface area (Å²) in [7, 11) is 2.09. The van der Waals surface area contributed by atoms with E-state index in [0.29, 0.717) is 0 Å². The summed E-state index contributed by atoms with van der Waals surface area (Å²) >= 11 is 0. The Kier molecular flexibility index (Phi) is 3.51. The van der Waals surface area contributed by atoms with Crippen LogP contribution in [0, 0.1) is 5.41 Å². The van der Waals surface area contributed by atoms with Crippen molar-refractivity contribution < 1.29 is 0 Å². The summed E-state index contributed by atoms with van der Waals surface area (Å²) in [4.78, 5) is 6.26. The average molecular weight is 204 g/mol. The molecule has 0 aliphatic carbocycles. The minimum Gasteiger partial charge on any atom is -0.372 e. The van der Waals surface area contributed by atoms with E-state index in [1.165, 1.54) is 0 Å². The third-order valence-electron chi connectivity index (χ3n) is 2.17. The molecule has 0 atom stereocenters. The van der Waals surface area contributed by atoms with E-state index in [1.807, 2.05) is 18.2 Å². The summed E-state index contributed by atoms with van der Waals surface area (Å²) in [5.41, 5.74) is 2.37. The molecule has 0 saturated carbocycles. The molecule has 1 rings (SSSR count). The molecule has 0 unspecified atom stereocenters. The molecule has 0 aliphatic rings. The van der Waals surface area contributed by atoms with Gasteiger partial charge in [-0.2, -0.15) is 0 Å². The monoisotopic (exact) mass is 204 g/mol. The van der Waals surface area contributed by atoms with Gasteiger partial charge < -0.3 is 4.90 Å². The molecule has 0 aliphatic heterocycles. The van der Waals surface area contributed by atoms with Gasteiger partial charge in [-0.05, 0) is 24.3 Å². The van der Waals surface area contributed by atoms with Gasteiger partial charge >= 0.3 is 0 Å². The highest BCUT2D eigenvalue weighted by Crippen LogP contribution is 2.29. The second-order valence-corrected chi connectivity index (χ2v) is 5.06. The van der Waals surface area contributed by atoms with Gasteiger partial charge in [-0.25, -0.2) is 0 Å². The van der Waals surface area contributed by atoms with Crippen LogP contribution in [0.1, 0.15) is 20.8 Å². The number of benzene rings is 1. The Morgan fingerprint density at radius 1 is 1.27 bits per heavy atom. The van der Waals surface area contributed by atoms with Gasteiger partial charge in [-0.15, -0.1) is 0 Å². The van der Waals surface area contributed by atoms with Gasteiger partial charge in [0.05, 0.1) is 11.4 Å². The standard InChI is InChI=1S/C13H20N2/c1-13(2,3)10-15(5)12-9-7-6-8-11(12)14-4/h6-9H,4,10H2,1-3,5H3. The van der Waals surface area contributed by atoms with Crippen molar-refractivity contribution in [1.29, 1.82) is 0 Å². The number of anilines is 1. The van der Waals surface area contributed by atoms with Gasteiger partial charge in [-0.1, -0.05) is 32.9 Å². The predicted octanol–water partition coefficient (Wildman–Crippen LogP) is 3.50. The molecule has 1 aromatic carbocycles. The van der Waals surface area contributed by atoms with E-state index in [-0.39, 0.29) is 5.41 Å². The van der Waals surface area contributed by atoms with Crippen molar-refractivity contribution in [2.45, 2.75) is 20.8 Å². The molecule has 0 aromatic heterocycles. The molecule has 0 radical (unpaired) electrons. The summed E-state index contributed by atoms with van der Waals surface area (Å²) in [5, 5.41) is 0. The first-order valence-electron chi connectivity index (χ1n) is 5.21. The van der Waals surface area contributed by atoms with E-state index in [1.54, 1.807) is 0 Å². The molecular formula is C13H20N2. The van der Waals surface area contributed by atoms with Crippen LogP contribution in [0.2, 0.25) is 0 Å². The van der Waals surface area contributed by atoms with E-state index >= 15 is 0 Å². The molecule has 0 saturated heterocycles. The van der Waals surface area contributed by atoms with Crippen LogP contribution in [0.25, 0.3) is 0 Å². The molecule has 2 heteroatoms. The van der Waals surface area contributed by atoms with E-state index in [0.717, 1.165) is 17.9 Å². The lowest BCUT2D eigenvalue weighted by atomic mass is 9.96. The molecule has 2 nitrogen and oxygen atoms in total. The lowest BCUT2D eigenvalue weighted by Gasteiger charge is -2.29. The smallest absolute Gasteiger partial charge is 0.0855 e. The summed E-state index contributed by atoms with van der Waals surface area (Å²) < 4.78 is 0. The maximum Gasteiger partial charge on any atom is 0.0855 e. The first-order chi connectivity index (χ1) is 6.94. The molecule has 1 aromatic rings. The van der Waals surface area contributed by atoms with E-state index in [2.05, 4.69) is 50.5 Å². The Balaban J connectivity index is 2.90. The van der Waals surface area contributed by atoms with Crippen LogP contribution in [0.5, 0.6) is 0 Å². The second kappa shape index (κ2) is 4.47. The quantitative estimate of drug-likeness (QED) is 0.688. The van der Waals surface area contributed by atoms with Crippen molar-refractivity contribution >= 4 is 18.1 Å². The van der Waals surface area contributed by atoms with Crippen molar-refractivity contribution in [3.05, 3.63) is 24.3 Å². The van der Waals surface area contributed by atoms with Gasteiger partial charge in [0.2, 0.25) is 0 Å². The Morgan fingerprint density at radius 2 is 1.87 bits per heavy atom. The van der Waals surface area contributed by atoms with Crippen LogP contribution in [0.3, 0.4) is 0 Å². The van der Waals surface area contributed by atoms with Gasteiger partial charge in [0.25, 0.3) is 0 Å². The highest BCUT2D eigenvalue weighted by molar-refractivity contribution is 5.68. The topological polar surface area (TPSA) is 15.6 Å². The third kappa shape index (κ3) is 3.39. The maximum atomic E-state index is 4.03. The number of hydrogen-bond acceptors (Lipinski definition) is 2. The summed E-state index contributed by atoms with van der Waals surface area (Å²) in [6.45, 7) is 11.3.